The van der Waals surface area contributed by atoms with Gasteiger partial charge >= 0.3 is 0 Å². The number of nitro benzene ring substituents is 1. The number of rotatable bonds is 3. The first-order valence-corrected chi connectivity index (χ1v) is 8.01. The van der Waals surface area contributed by atoms with Gasteiger partial charge in [-0.3, -0.25) is 10.1 Å². The quantitative estimate of drug-likeness (QED) is 0.518. The fraction of sp³-hybridized carbons (Fsp3) is 0. The minimum atomic E-state index is -0.470. The fourth-order valence-electron chi connectivity index (χ4n) is 2.48. The van der Waals surface area contributed by atoms with Crippen LogP contribution in [0.3, 0.4) is 0 Å². The van der Waals surface area contributed by atoms with E-state index in [4.69, 9.17) is 5.73 Å². The maximum absolute atomic E-state index is 10.8. The smallest absolute Gasteiger partial charge is 0.269 e. The number of nitrogens with two attached hydrogens (primary N) is 1. The summed E-state index contributed by atoms with van der Waals surface area (Å²) in [6, 6.07) is 17.3. The van der Waals surface area contributed by atoms with Crippen LogP contribution < -0.4 is 5.73 Å². The van der Waals surface area contributed by atoms with Gasteiger partial charge in [-0.2, -0.15) is 5.26 Å². The monoisotopic (exact) mass is 394 g/mol. The largest absolute Gasteiger partial charge is 0.383 e. The third-order valence-electron chi connectivity index (χ3n) is 3.70. The lowest BCUT2D eigenvalue weighted by molar-refractivity contribution is -0.384. The highest BCUT2D eigenvalue weighted by Gasteiger charge is 2.15. The first-order chi connectivity index (χ1) is 12.0. The standard InChI is InChI=1S/C18H11BrN4O2/c19-16-4-2-1-3-13(16)17-9-14(15(10-20)18(21)22-17)11-5-7-12(8-6-11)23(24)25/h1-9H,(H2,21,22). The second-order valence-electron chi connectivity index (χ2n) is 5.21. The molecule has 3 aromatic rings. The Labute approximate surface area is 151 Å². The lowest BCUT2D eigenvalue weighted by Gasteiger charge is -2.11. The van der Waals surface area contributed by atoms with Crippen LogP contribution in [0, 0.1) is 21.4 Å². The molecule has 0 aliphatic heterocycles. The van der Waals surface area contributed by atoms with Crippen LogP contribution in [-0.2, 0) is 0 Å². The number of nitrogen functional groups attached to an aromatic ring is 1. The molecule has 0 aliphatic carbocycles. The predicted molar refractivity (Wildman–Crippen MR) is 98.6 cm³/mol. The molecular formula is C18H11BrN4O2. The first-order valence-electron chi connectivity index (χ1n) is 7.21. The van der Waals surface area contributed by atoms with Crippen LogP contribution >= 0.6 is 15.9 Å². The molecule has 0 saturated carbocycles. The molecular weight excluding hydrogens is 384 g/mol. The first kappa shape index (κ1) is 16.6. The molecule has 7 heteroatoms. The van der Waals surface area contributed by atoms with Gasteiger partial charge in [-0.25, -0.2) is 4.98 Å². The summed E-state index contributed by atoms with van der Waals surface area (Å²) in [5.41, 5.74) is 8.88. The van der Waals surface area contributed by atoms with Gasteiger partial charge in [0.2, 0.25) is 0 Å². The number of aromatic nitrogens is 1. The van der Waals surface area contributed by atoms with Crippen molar-refractivity contribution < 1.29 is 4.92 Å². The lowest BCUT2D eigenvalue weighted by Crippen LogP contribution is -2.00. The number of halogens is 1. The van der Waals surface area contributed by atoms with E-state index < -0.39 is 4.92 Å². The highest BCUT2D eigenvalue weighted by atomic mass is 79.9. The summed E-state index contributed by atoms with van der Waals surface area (Å²) in [6.45, 7) is 0. The zero-order valence-electron chi connectivity index (χ0n) is 12.8. The lowest BCUT2D eigenvalue weighted by atomic mass is 9.98. The summed E-state index contributed by atoms with van der Waals surface area (Å²) in [4.78, 5) is 14.7. The van der Waals surface area contributed by atoms with E-state index in [1.54, 1.807) is 18.2 Å². The normalized spacial score (nSPS) is 10.2. The molecule has 0 amide bonds. The number of nitrogens with zero attached hydrogens (tertiary/aromatic N) is 3. The van der Waals surface area contributed by atoms with Gasteiger partial charge in [0, 0.05) is 27.7 Å². The predicted octanol–water partition coefficient (Wildman–Crippen LogP) is 4.54. The molecule has 0 aliphatic rings. The number of pyridine rings is 1. The van der Waals surface area contributed by atoms with Crippen LogP contribution in [-0.4, -0.2) is 9.91 Å². The molecule has 0 spiro atoms. The van der Waals surface area contributed by atoms with Crippen molar-refractivity contribution in [2.75, 3.05) is 5.73 Å². The summed E-state index contributed by atoms with van der Waals surface area (Å²) in [5, 5.41) is 20.3. The van der Waals surface area contributed by atoms with Crippen LogP contribution in [0.25, 0.3) is 22.4 Å². The molecule has 2 aromatic carbocycles. The van der Waals surface area contributed by atoms with Crippen molar-refractivity contribution in [3.8, 4) is 28.5 Å². The van der Waals surface area contributed by atoms with Gasteiger partial charge in [-0.1, -0.05) is 34.1 Å². The number of non-ortho nitro benzene ring substituents is 1. The third kappa shape index (κ3) is 3.20. The van der Waals surface area contributed by atoms with Crippen molar-refractivity contribution in [3.63, 3.8) is 0 Å². The Balaban J connectivity index is 2.20. The maximum Gasteiger partial charge on any atom is 0.269 e. The van der Waals surface area contributed by atoms with Gasteiger partial charge in [-0.05, 0) is 29.8 Å². The number of nitriles is 1. The van der Waals surface area contributed by atoms with Gasteiger partial charge < -0.3 is 5.73 Å². The number of benzene rings is 2. The molecule has 1 heterocycles. The number of nitro groups is 1. The van der Waals surface area contributed by atoms with Gasteiger partial charge in [0.15, 0.2) is 0 Å². The van der Waals surface area contributed by atoms with Crippen LogP contribution in [0.1, 0.15) is 5.56 Å². The molecule has 0 saturated heterocycles. The third-order valence-corrected chi connectivity index (χ3v) is 4.39. The van der Waals surface area contributed by atoms with E-state index in [9.17, 15) is 15.4 Å². The summed E-state index contributed by atoms with van der Waals surface area (Å²) in [6.07, 6.45) is 0. The van der Waals surface area contributed by atoms with Crippen LogP contribution in [0.15, 0.2) is 59.1 Å². The minimum absolute atomic E-state index is 0.0182. The second-order valence-corrected chi connectivity index (χ2v) is 6.07. The number of hydrogen-bond donors (Lipinski definition) is 1. The van der Waals surface area contributed by atoms with Crippen molar-refractivity contribution in [1.82, 2.24) is 4.98 Å². The Kier molecular flexibility index (Phi) is 4.46. The maximum atomic E-state index is 10.8. The summed E-state index contributed by atoms with van der Waals surface area (Å²) < 4.78 is 0.848. The van der Waals surface area contributed by atoms with E-state index in [1.165, 1.54) is 12.1 Å². The Morgan fingerprint density at radius 1 is 1.12 bits per heavy atom. The van der Waals surface area contributed by atoms with Crippen molar-refractivity contribution in [1.29, 1.82) is 5.26 Å². The van der Waals surface area contributed by atoms with Crippen molar-refractivity contribution in [2.45, 2.75) is 0 Å². The van der Waals surface area contributed by atoms with Crippen LogP contribution in [0.5, 0.6) is 0 Å². The van der Waals surface area contributed by atoms with E-state index in [0.29, 0.717) is 16.8 Å². The Hall–Kier alpha value is -3.24. The SMILES string of the molecule is N#Cc1c(-c2ccc([N+](=O)[O-])cc2)cc(-c2ccccc2Br)nc1N. The minimum Gasteiger partial charge on any atom is -0.383 e. The molecule has 0 bridgehead atoms. The fourth-order valence-corrected chi connectivity index (χ4v) is 2.97. The van der Waals surface area contributed by atoms with Crippen LogP contribution in [0.4, 0.5) is 11.5 Å². The van der Waals surface area contributed by atoms with Crippen molar-refractivity contribution in [3.05, 3.63) is 74.7 Å². The van der Waals surface area contributed by atoms with Gasteiger partial charge in [0.25, 0.3) is 5.69 Å². The van der Waals surface area contributed by atoms with E-state index in [1.807, 2.05) is 24.3 Å². The van der Waals surface area contributed by atoms with E-state index in [0.717, 1.165) is 10.0 Å². The zero-order valence-corrected chi connectivity index (χ0v) is 14.4. The number of anilines is 1. The van der Waals surface area contributed by atoms with E-state index in [-0.39, 0.29) is 17.1 Å². The van der Waals surface area contributed by atoms with Crippen molar-refractivity contribution in [2.24, 2.45) is 0 Å². The molecule has 0 unspecified atom stereocenters. The van der Waals surface area contributed by atoms with E-state index >= 15 is 0 Å². The Bertz CT molecular complexity index is 1010. The average molecular weight is 395 g/mol. The highest BCUT2D eigenvalue weighted by Crippen LogP contribution is 2.34. The van der Waals surface area contributed by atoms with E-state index in [2.05, 4.69) is 27.0 Å². The zero-order chi connectivity index (χ0) is 18.0. The summed E-state index contributed by atoms with van der Waals surface area (Å²) in [5.74, 6) is 0.115. The molecule has 1 aromatic heterocycles. The molecule has 6 nitrogen and oxygen atoms in total. The Morgan fingerprint density at radius 2 is 1.80 bits per heavy atom. The molecule has 2 N–H and O–H groups in total. The summed E-state index contributed by atoms with van der Waals surface area (Å²) in [7, 11) is 0. The van der Waals surface area contributed by atoms with Gasteiger partial charge in [0.1, 0.15) is 17.5 Å². The average Bonchev–Trinajstić information content (AvgIpc) is 2.61. The number of hydrogen-bond acceptors (Lipinski definition) is 5. The molecule has 122 valence electrons. The molecule has 0 radical (unpaired) electrons. The second kappa shape index (κ2) is 6.71. The molecule has 25 heavy (non-hydrogen) atoms. The van der Waals surface area contributed by atoms with Gasteiger partial charge in [-0.15, -0.1) is 0 Å². The van der Waals surface area contributed by atoms with Crippen molar-refractivity contribution >= 4 is 27.4 Å². The van der Waals surface area contributed by atoms with Gasteiger partial charge in [0.05, 0.1) is 10.6 Å². The summed E-state index contributed by atoms with van der Waals surface area (Å²) >= 11 is 3.48. The topological polar surface area (TPSA) is 106 Å². The molecule has 0 atom stereocenters. The highest BCUT2D eigenvalue weighted by molar-refractivity contribution is 9.10. The molecule has 0 fully saturated rings. The molecule has 3 rings (SSSR count). The Morgan fingerprint density at radius 3 is 2.40 bits per heavy atom. The van der Waals surface area contributed by atoms with Crippen LogP contribution in [0.2, 0.25) is 0 Å².